The van der Waals surface area contributed by atoms with Crippen LogP contribution in [0.15, 0.2) is 41.8 Å². The molecule has 1 aromatic carbocycles. The Labute approximate surface area is 133 Å². The Bertz CT molecular complexity index is 425. The first-order valence-corrected chi connectivity index (χ1v) is 8.30. The third kappa shape index (κ3) is 5.17. The number of ether oxygens (including phenoxy) is 2. The molecule has 0 fully saturated rings. The van der Waals surface area contributed by atoms with Gasteiger partial charge in [-0.2, -0.15) is 0 Å². The Hall–Kier alpha value is -0.770. The van der Waals surface area contributed by atoms with Gasteiger partial charge in [0.25, 0.3) is 0 Å². The predicted octanol–water partition coefficient (Wildman–Crippen LogP) is 4.72. The second kappa shape index (κ2) is 8.62. The van der Waals surface area contributed by atoms with E-state index in [4.69, 9.17) is 9.47 Å². The van der Waals surface area contributed by atoms with E-state index in [1.165, 1.54) is 10.5 Å². The maximum atomic E-state index is 5.75. The van der Waals surface area contributed by atoms with E-state index >= 15 is 0 Å². The third-order valence-electron chi connectivity index (χ3n) is 4.03. The highest BCUT2D eigenvalue weighted by Crippen LogP contribution is 2.35. The molecular weight excluding hydrogens is 280 g/mol. The molecule has 0 aromatic heterocycles. The summed E-state index contributed by atoms with van der Waals surface area (Å²) in [4.78, 5) is 1.27. The van der Waals surface area contributed by atoms with E-state index in [1.807, 2.05) is 17.8 Å². The van der Waals surface area contributed by atoms with E-state index < -0.39 is 0 Å². The number of hydrogen-bond acceptors (Lipinski definition) is 3. The standard InChI is InChI=1S/C18H28O2S/c1-7-8-16(19-5)18(3,4)17(20-6)13-21-15-11-9-14(2)10-12-15/h7,9-12,16-17H,1,8,13H2,2-6H3/t16-,17+/m0/s1. The molecule has 2 atom stereocenters. The Morgan fingerprint density at radius 3 is 2.19 bits per heavy atom. The van der Waals surface area contributed by atoms with Crippen molar-refractivity contribution in [2.75, 3.05) is 20.0 Å². The normalized spacial score (nSPS) is 14.7. The SMILES string of the molecule is C=CC[C@H](OC)C(C)(C)[C@@H](CSc1ccc(C)cc1)OC. The molecule has 0 N–H and O–H groups in total. The van der Waals surface area contributed by atoms with Crippen LogP contribution < -0.4 is 0 Å². The van der Waals surface area contributed by atoms with Crippen molar-refractivity contribution >= 4 is 11.8 Å². The van der Waals surface area contributed by atoms with Gasteiger partial charge in [0.05, 0.1) is 12.2 Å². The van der Waals surface area contributed by atoms with E-state index in [2.05, 4.69) is 51.6 Å². The molecule has 0 saturated carbocycles. The summed E-state index contributed by atoms with van der Waals surface area (Å²) in [6.07, 6.45) is 2.97. The lowest BCUT2D eigenvalue weighted by atomic mass is 9.79. The van der Waals surface area contributed by atoms with Crippen molar-refractivity contribution in [1.29, 1.82) is 0 Å². The molecule has 21 heavy (non-hydrogen) atoms. The van der Waals surface area contributed by atoms with Crippen molar-refractivity contribution in [3.05, 3.63) is 42.5 Å². The molecule has 3 heteroatoms. The van der Waals surface area contributed by atoms with Crippen molar-refractivity contribution in [2.45, 2.75) is 44.3 Å². The Balaban J connectivity index is 2.72. The molecule has 0 aliphatic heterocycles. The highest BCUT2D eigenvalue weighted by molar-refractivity contribution is 7.99. The summed E-state index contributed by atoms with van der Waals surface area (Å²) in [6, 6.07) is 8.62. The van der Waals surface area contributed by atoms with Crippen LogP contribution in [0, 0.1) is 12.3 Å². The molecule has 0 amide bonds. The van der Waals surface area contributed by atoms with Gasteiger partial charge in [-0.3, -0.25) is 0 Å². The lowest BCUT2D eigenvalue weighted by Gasteiger charge is -2.39. The molecule has 0 aliphatic rings. The summed E-state index contributed by atoms with van der Waals surface area (Å²) < 4.78 is 11.4. The van der Waals surface area contributed by atoms with Gasteiger partial charge in [-0.05, 0) is 25.5 Å². The average Bonchev–Trinajstić information content (AvgIpc) is 2.46. The fourth-order valence-corrected chi connectivity index (χ4v) is 3.69. The number of aryl methyl sites for hydroxylation is 1. The molecule has 1 aromatic rings. The molecule has 2 nitrogen and oxygen atoms in total. The second-order valence-corrected chi connectivity index (χ2v) is 7.01. The van der Waals surface area contributed by atoms with Gasteiger partial charge in [-0.25, -0.2) is 0 Å². The zero-order valence-corrected chi connectivity index (χ0v) is 14.7. The van der Waals surface area contributed by atoms with Crippen molar-refractivity contribution < 1.29 is 9.47 Å². The number of methoxy groups -OCH3 is 2. The van der Waals surface area contributed by atoms with Crippen LogP contribution >= 0.6 is 11.8 Å². The smallest absolute Gasteiger partial charge is 0.0740 e. The summed E-state index contributed by atoms with van der Waals surface area (Å²) in [7, 11) is 3.54. The molecule has 118 valence electrons. The van der Waals surface area contributed by atoms with E-state index in [0.29, 0.717) is 0 Å². The van der Waals surface area contributed by atoms with Crippen LogP contribution in [0.25, 0.3) is 0 Å². The summed E-state index contributed by atoms with van der Waals surface area (Å²) in [5, 5.41) is 0. The number of thioether (sulfide) groups is 1. The van der Waals surface area contributed by atoms with Gasteiger partial charge in [-0.1, -0.05) is 37.6 Å². The lowest BCUT2D eigenvalue weighted by molar-refractivity contribution is -0.0723. The second-order valence-electron chi connectivity index (χ2n) is 5.92. The number of benzene rings is 1. The van der Waals surface area contributed by atoms with Crippen molar-refractivity contribution in [3.8, 4) is 0 Å². The topological polar surface area (TPSA) is 18.5 Å². The predicted molar refractivity (Wildman–Crippen MR) is 92.1 cm³/mol. The zero-order valence-electron chi connectivity index (χ0n) is 13.9. The Kier molecular flexibility index (Phi) is 7.50. The number of hydrogen-bond donors (Lipinski definition) is 0. The molecule has 0 radical (unpaired) electrons. The first kappa shape index (κ1) is 18.3. The van der Waals surface area contributed by atoms with Crippen LogP contribution in [0.1, 0.15) is 25.8 Å². The Morgan fingerprint density at radius 2 is 1.71 bits per heavy atom. The van der Waals surface area contributed by atoms with Crippen LogP contribution in [-0.2, 0) is 9.47 Å². The van der Waals surface area contributed by atoms with Crippen LogP contribution in [0.3, 0.4) is 0 Å². The minimum Gasteiger partial charge on any atom is -0.380 e. The van der Waals surface area contributed by atoms with Crippen LogP contribution in [0.5, 0.6) is 0 Å². The van der Waals surface area contributed by atoms with Gasteiger partial charge in [0.2, 0.25) is 0 Å². The molecule has 0 bridgehead atoms. The van der Waals surface area contributed by atoms with E-state index in [1.54, 1.807) is 14.2 Å². The summed E-state index contributed by atoms with van der Waals surface area (Å²) in [5.41, 5.74) is 1.21. The average molecular weight is 308 g/mol. The maximum Gasteiger partial charge on any atom is 0.0740 e. The van der Waals surface area contributed by atoms with Crippen LogP contribution in [0.2, 0.25) is 0 Å². The quantitative estimate of drug-likeness (QED) is 0.486. The van der Waals surface area contributed by atoms with E-state index in [9.17, 15) is 0 Å². The lowest BCUT2D eigenvalue weighted by Crippen LogP contribution is -2.43. The van der Waals surface area contributed by atoms with Crippen LogP contribution in [-0.4, -0.2) is 32.2 Å². The highest BCUT2D eigenvalue weighted by atomic mass is 32.2. The minimum atomic E-state index is -0.0740. The van der Waals surface area contributed by atoms with Gasteiger partial charge in [-0.15, -0.1) is 18.3 Å². The molecule has 0 saturated heterocycles. The minimum absolute atomic E-state index is 0.0740. The first-order valence-electron chi connectivity index (χ1n) is 7.31. The maximum absolute atomic E-state index is 5.75. The monoisotopic (exact) mass is 308 g/mol. The van der Waals surface area contributed by atoms with Crippen molar-refractivity contribution in [2.24, 2.45) is 5.41 Å². The zero-order chi connectivity index (χ0) is 15.9. The molecule has 0 unspecified atom stereocenters. The molecule has 0 aliphatic carbocycles. The van der Waals surface area contributed by atoms with E-state index in [0.717, 1.165) is 12.2 Å². The highest BCUT2D eigenvalue weighted by Gasteiger charge is 2.37. The van der Waals surface area contributed by atoms with Crippen molar-refractivity contribution in [3.63, 3.8) is 0 Å². The molecule has 0 spiro atoms. The van der Waals surface area contributed by atoms with Gasteiger partial charge in [0, 0.05) is 30.3 Å². The van der Waals surface area contributed by atoms with Gasteiger partial charge < -0.3 is 9.47 Å². The van der Waals surface area contributed by atoms with Gasteiger partial charge >= 0.3 is 0 Å². The van der Waals surface area contributed by atoms with Gasteiger partial charge in [0.15, 0.2) is 0 Å². The molecular formula is C18H28O2S. The number of rotatable bonds is 9. The molecule has 0 heterocycles. The van der Waals surface area contributed by atoms with Gasteiger partial charge in [0.1, 0.15) is 0 Å². The summed E-state index contributed by atoms with van der Waals surface area (Å²) in [5.74, 6) is 0.906. The molecule has 1 rings (SSSR count). The summed E-state index contributed by atoms with van der Waals surface area (Å²) in [6.45, 7) is 10.3. The summed E-state index contributed by atoms with van der Waals surface area (Å²) >= 11 is 1.83. The Morgan fingerprint density at radius 1 is 1.14 bits per heavy atom. The largest absolute Gasteiger partial charge is 0.380 e. The van der Waals surface area contributed by atoms with Crippen molar-refractivity contribution in [1.82, 2.24) is 0 Å². The van der Waals surface area contributed by atoms with E-state index in [-0.39, 0.29) is 17.6 Å². The third-order valence-corrected chi connectivity index (χ3v) is 5.11. The first-order chi connectivity index (χ1) is 9.95. The van der Waals surface area contributed by atoms with Crippen LogP contribution in [0.4, 0.5) is 0 Å². The fourth-order valence-electron chi connectivity index (χ4n) is 2.46. The fraction of sp³-hybridized carbons (Fsp3) is 0.556.